The van der Waals surface area contributed by atoms with Gasteiger partial charge >= 0.3 is 0 Å². The molecule has 0 amide bonds. The molecule has 0 radical (unpaired) electrons. The molecule has 4 heteroatoms. The van der Waals surface area contributed by atoms with Crippen LogP contribution in [0, 0.1) is 0 Å². The zero-order chi connectivity index (χ0) is 35.6. The quantitative estimate of drug-likeness (QED) is 0.181. The second-order valence-electron chi connectivity index (χ2n) is 14.0. The number of para-hydroxylation sites is 1. The predicted molar refractivity (Wildman–Crippen MR) is 226 cm³/mol. The fraction of sp³-hybridized carbons (Fsp3) is 0.0400. The molecule has 0 unspecified atom stereocenters. The number of hydrogen-bond acceptors (Lipinski definition) is 3. The Morgan fingerprint density at radius 2 is 1.11 bits per heavy atom. The Bertz CT molecular complexity index is 3200. The summed E-state index contributed by atoms with van der Waals surface area (Å²) in [5.74, 6) is 0.679. The van der Waals surface area contributed by atoms with Crippen molar-refractivity contribution >= 4 is 82.5 Å². The van der Waals surface area contributed by atoms with Crippen LogP contribution >= 0.6 is 0 Å². The molecule has 0 fully saturated rings. The van der Waals surface area contributed by atoms with Crippen LogP contribution in [-0.4, -0.2) is 16.1 Å². The third-order valence-electron chi connectivity index (χ3n) is 10.9. The van der Waals surface area contributed by atoms with Crippen molar-refractivity contribution in [1.82, 2.24) is 4.57 Å². The average Bonchev–Trinajstić information content (AvgIpc) is 3.76. The average molecular weight is 692 g/mol. The number of amidine groups is 1. The Morgan fingerprint density at radius 3 is 1.93 bits per heavy atom. The number of benzene rings is 8. The van der Waals surface area contributed by atoms with Gasteiger partial charge in [0.15, 0.2) is 5.84 Å². The van der Waals surface area contributed by atoms with Crippen LogP contribution in [0.3, 0.4) is 0 Å². The van der Waals surface area contributed by atoms with Crippen molar-refractivity contribution in [3.63, 3.8) is 0 Å². The van der Waals surface area contributed by atoms with Gasteiger partial charge in [0.1, 0.15) is 11.2 Å². The lowest BCUT2D eigenvalue weighted by molar-refractivity contribution is 0.671. The number of hydrogen-bond donors (Lipinski definition) is 0. The van der Waals surface area contributed by atoms with Gasteiger partial charge in [-0.05, 0) is 71.0 Å². The van der Waals surface area contributed by atoms with E-state index in [0.717, 1.165) is 90.4 Å². The first-order valence-corrected chi connectivity index (χ1v) is 18.6. The molecule has 0 N–H and O–H groups in total. The minimum atomic E-state index is 0.679. The summed E-state index contributed by atoms with van der Waals surface area (Å²) in [5, 5.41) is 9.24. The van der Waals surface area contributed by atoms with E-state index in [1.165, 1.54) is 21.5 Å². The summed E-state index contributed by atoms with van der Waals surface area (Å²) in [4.78, 5) is 10.9. The van der Waals surface area contributed by atoms with Gasteiger partial charge in [-0.25, -0.2) is 9.98 Å². The number of aromatic nitrogens is 1. The summed E-state index contributed by atoms with van der Waals surface area (Å²) in [6.45, 7) is 0. The Balaban J connectivity index is 1.26. The molecule has 4 nitrogen and oxygen atoms in total. The van der Waals surface area contributed by atoms with E-state index in [4.69, 9.17) is 14.4 Å². The highest BCUT2D eigenvalue weighted by atomic mass is 16.3. The van der Waals surface area contributed by atoms with Crippen LogP contribution < -0.4 is 0 Å². The van der Waals surface area contributed by atoms with Gasteiger partial charge in [0.25, 0.3) is 0 Å². The first kappa shape index (κ1) is 30.6. The highest BCUT2D eigenvalue weighted by molar-refractivity contribution is 6.20. The van der Waals surface area contributed by atoms with E-state index in [0.29, 0.717) is 5.84 Å². The number of rotatable bonds is 4. The first-order valence-electron chi connectivity index (χ1n) is 18.6. The molecule has 0 spiro atoms. The van der Waals surface area contributed by atoms with Gasteiger partial charge in [0, 0.05) is 32.5 Å². The van der Waals surface area contributed by atoms with E-state index in [2.05, 4.69) is 168 Å². The van der Waals surface area contributed by atoms with E-state index < -0.39 is 0 Å². The Morgan fingerprint density at radius 1 is 0.463 bits per heavy atom. The Labute approximate surface area is 311 Å². The van der Waals surface area contributed by atoms with Gasteiger partial charge in [-0.15, -0.1) is 0 Å². The number of fused-ring (bicyclic) bond motifs is 9. The molecule has 0 bridgehead atoms. The lowest BCUT2D eigenvalue weighted by atomic mass is 9.99. The van der Waals surface area contributed by atoms with E-state index in [-0.39, 0.29) is 0 Å². The fourth-order valence-corrected chi connectivity index (χ4v) is 8.33. The third-order valence-corrected chi connectivity index (χ3v) is 10.9. The highest BCUT2D eigenvalue weighted by Gasteiger charge is 2.24. The predicted octanol–water partition coefficient (Wildman–Crippen LogP) is 13.1. The SMILES string of the molecule is C1=C(c2c(-n3c4ccccc4c4cc5ccccc5cc43)ccc3c2oc2c4ccccc4ccc32)/N=C(c2ccccc2)\N=C(\c2ccccc2)CC\1. The fourth-order valence-electron chi connectivity index (χ4n) is 8.33. The van der Waals surface area contributed by atoms with Gasteiger partial charge in [-0.2, -0.15) is 0 Å². The summed E-state index contributed by atoms with van der Waals surface area (Å²) in [5.41, 5.74) is 9.90. The van der Waals surface area contributed by atoms with Crippen molar-refractivity contribution in [3.8, 4) is 5.69 Å². The smallest absolute Gasteiger partial charge is 0.160 e. The van der Waals surface area contributed by atoms with Crippen molar-refractivity contribution in [2.45, 2.75) is 12.8 Å². The van der Waals surface area contributed by atoms with Crippen LogP contribution in [0.2, 0.25) is 0 Å². The molecule has 8 aromatic carbocycles. The molecule has 0 atom stereocenters. The summed E-state index contributed by atoms with van der Waals surface area (Å²) in [7, 11) is 0. The first-order chi connectivity index (χ1) is 26.8. The van der Waals surface area contributed by atoms with Crippen LogP contribution in [0.1, 0.15) is 29.5 Å². The van der Waals surface area contributed by atoms with Gasteiger partial charge in [-0.3, -0.25) is 0 Å². The number of furan rings is 1. The molecule has 254 valence electrons. The van der Waals surface area contributed by atoms with E-state index in [9.17, 15) is 0 Å². The molecule has 2 aromatic heterocycles. The van der Waals surface area contributed by atoms with E-state index in [1.807, 2.05) is 12.1 Å². The molecule has 0 aliphatic carbocycles. The molecule has 54 heavy (non-hydrogen) atoms. The maximum atomic E-state index is 7.13. The maximum absolute atomic E-state index is 7.13. The van der Waals surface area contributed by atoms with Crippen molar-refractivity contribution in [3.05, 3.63) is 193 Å². The maximum Gasteiger partial charge on any atom is 0.160 e. The zero-order valence-corrected chi connectivity index (χ0v) is 29.4. The van der Waals surface area contributed by atoms with Crippen molar-refractivity contribution < 1.29 is 4.42 Å². The molecule has 0 saturated heterocycles. The lowest BCUT2D eigenvalue weighted by Gasteiger charge is -2.17. The molecule has 1 aliphatic heterocycles. The zero-order valence-electron chi connectivity index (χ0n) is 29.4. The van der Waals surface area contributed by atoms with E-state index in [1.54, 1.807) is 0 Å². The van der Waals surface area contributed by atoms with Gasteiger partial charge in [0.2, 0.25) is 0 Å². The van der Waals surface area contributed by atoms with Crippen LogP contribution in [0.5, 0.6) is 0 Å². The molecule has 11 rings (SSSR count). The largest absolute Gasteiger partial charge is 0.455 e. The van der Waals surface area contributed by atoms with Crippen molar-refractivity contribution in [1.29, 1.82) is 0 Å². The lowest BCUT2D eigenvalue weighted by Crippen LogP contribution is -2.10. The highest BCUT2D eigenvalue weighted by Crippen LogP contribution is 2.43. The molecular formula is C50H33N3O. The summed E-state index contributed by atoms with van der Waals surface area (Å²) in [6.07, 6.45) is 3.83. The third kappa shape index (κ3) is 4.84. The normalized spacial score (nSPS) is 16.6. The summed E-state index contributed by atoms with van der Waals surface area (Å²) in [6, 6.07) is 60.1. The molecule has 1 aliphatic rings. The van der Waals surface area contributed by atoms with Gasteiger partial charge < -0.3 is 8.98 Å². The second-order valence-corrected chi connectivity index (χ2v) is 14.0. The minimum absolute atomic E-state index is 0.679. The van der Waals surface area contributed by atoms with Gasteiger partial charge in [-0.1, -0.05) is 140 Å². The van der Waals surface area contributed by atoms with Crippen LogP contribution in [0.15, 0.2) is 190 Å². The second kappa shape index (κ2) is 12.3. The van der Waals surface area contributed by atoms with E-state index >= 15 is 0 Å². The number of allylic oxidation sites excluding steroid dienone is 1. The molecule has 0 saturated carbocycles. The number of nitrogens with zero attached hydrogens (tertiary/aromatic N) is 3. The van der Waals surface area contributed by atoms with Crippen LogP contribution in [0.4, 0.5) is 0 Å². The topological polar surface area (TPSA) is 42.8 Å². The summed E-state index contributed by atoms with van der Waals surface area (Å²) < 4.78 is 9.54. The molecule has 3 heterocycles. The van der Waals surface area contributed by atoms with Crippen molar-refractivity contribution in [2.24, 2.45) is 9.98 Å². The minimum Gasteiger partial charge on any atom is -0.455 e. The Kier molecular flexibility index (Phi) is 6.96. The molecule has 10 aromatic rings. The van der Waals surface area contributed by atoms with Crippen LogP contribution in [0.25, 0.3) is 76.7 Å². The number of aliphatic imine (C=N–C) groups is 2. The monoisotopic (exact) mass is 691 g/mol. The van der Waals surface area contributed by atoms with Crippen LogP contribution in [-0.2, 0) is 0 Å². The van der Waals surface area contributed by atoms with Crippen molar-refractivity contribution in [2.75, 3.05) is 0 Å². The standard InChI is InChI=1S/C50H33N3O/c1-3-15-33(16-4-1)42-23-13-24-43(52-50(51-42)34-17-5-2-6-18-34)47-45(29-28-40-39-27-26-32-14-9-10-21-37(32)48(39)54-49(40)47)53-44-25-12-11-22-38(44)41-30-35-19-7-8-20-36(35)31-46(41)53/h1-12,14-22,24-31H,13,23H2/b43-24-,51-42+,52-50-. The summed E-state index contributed by atoms with van der Waals surface area (Å²) >= 11 is 0. The molecular weight excluding hydrogens is 659 g/mol. The Hall–Kier alpha value is -7.04. The van der Waals surface area contributed by atoms with Gasteiger partial charge in [0.05, 0.1) is 33.7 Å².